The van der Waals surface area contributed by atoms with E-state index in [-0.39, 0.29) is 11.6 Å². The molecule has 2 unspecified atom stereocenters. The largest absolute Gasteiger partial charge is 0.467 e. The second kappa shape index (κ2) is 9.44. The molecule has 0 aromatic carbocycles. The number of nitrogens with zero attached hydrogens (tertiary/aromatic N) is 1. The van der Waals surface area contributed by atoms with Gasteiger partial charge in [-0.05, 0) is 17.4 Å². The molecule has 0 bridgehead atoms. The van der Waals surface area contributed by atoms with Crippen molar-refractivity contribution in [2.45, 2.75) is 26.3 Å². The van der Waals surface area contributed by atoms with Gasteiger partial charge in [0.25, 0.3) is 5.91 Å². The highest BCUT2D eigenvalue weighted by Gasteiger charge is 2.27. The van der Waals surface area contributed by atoms with E-state index in [1.807, 2.05) is 30.7 Å². The minimum Gasteiger partial charge on any atom is -0.467 e. The number of hydrogen-bond acceptors (Lipinski definition) is 8. The van der Waals surface area contributed by atoms with Crippen molar-refractivity contribution >= 4 is 40.5 Å². The van der Waals surface area contributed by atoms with Crippen LogP contribution in [0.3, 0.4) is 0 Å². The second-order valence-corrected chi connectivity index (χ2v) is 7.22. The summed E-state index contributed by atoms with van der Waals surface area (Å²) in [6, 6.07) is 1.13. The lowest BCUT2D eigenvalue weighted by Gasteiger charge is -2.21. The maximum absolute atomic E-state index is 12.1. The fourth-order valence-electron chi connectivity index (χ4n) is 2.10. The van der Waals surface area contributed by atoms with E-state index in [9.17, 15) is 14.4 Å². The van der Waals surface area contributed by atoms with Crippen LogP contribution in [0.5, 0.6) is 0 Å². The van der Waals surface area contributed by atoms with Gasteiger partial charge in [-0.3, -0.25) is 4.79 Å². The number of ether oxygens (including phenoxy) is 2. The van der Waals surface area contributed by atoms with E-state index in [1.54, 1.807) is 5.38 Å². The van der Waals surface area contributed by atoms with E-state index in [2.05, 4.69) is 10.3 Å². The molecule has 2 rings (SSSR count). The molecular formula is C17H20N2O5S2. The molecule has 1 N–H and O–H groups in total. The zero-order chi connectivity index (χ0) is 19.1. The van der Waals surface area contributed by atoms with E-state index in [0.717, 1.165) is 5.56 Å². The summed E-state index contributed by atoms with van der Waals surface area (Å²) in [4.78, 5) is 40.0. The molecule has 2 atom stereocenters. The van der Waals surface area contributed by atoms with Gasteiger partial charge in [0.2, 0.25) is 0 Å². The van der Waals surface area contributed by atoms with Gasteiger partial charge < -0.3 is 14.8 Å². The minimum absolute atomic E-state index is 0.103. The topological polar surface area (TPSA) is 94.6 Å². The monoisotopic (exact) mass is 396 g/mol. The van der Waals surface area contributed by atoms with Gasteiger partial charge in [0.15, 0.2) is 12.3 Å². The maximum atomic E-state index is 12.1. The van der Waals surface area contributed by atoms with Crippen molar-refractivity contribution in [2.75, 3.05) is 13.7 Å². The predicted molar refractivity (Wildman–Crippen MR) is 99.1 cm³/mol. The summed E-state index contributed by atoms with van der Waals surface area (Å²) in [5.41, 5.74) is 1.08. The standard InChI is InChI=1S/C17H20N2O5S2/c1-4-10(2)14(17(22)23-3)19-13(20)7-24-16(21)12-9-26-15(18-12)11-5-6-25-8-11/h5-6,8-10,14H,4,7H2,1-3H3,(H,19,20). The minimum atomic E-state index is -0.777. The summed E-state index contributed by atoms with van der Waals surface area (Å²) in [6.07, 6.45) is 0.685. The van der Waals surface area contributed by atoms with Gasteiger partial charge in [0.1, 0.15) is 11.0 Å². The number of carbonyl (C=O) groups excluding carboxylic acids is 3. The Balaban J connectivity index is 1.90. The van der Waals surface area contributed by atoms with Crippen LogP contribution < -0.4 is 5.32 Å². The molecule has 0 radical (unpaired) electrons. The number of nitrogens with one attached hydrogen (secondary N) is 1. The Labute approximate surface area is 159 Å². The molecule has 9 heteroatoms. The molecule has 7 nitrogen and oxygen atoms in total. The van der Waals surface area contributed by atoms with Crippen LogP contribution in [0.4, 0.5) is 0 Å². The third kappa shape index (κ3) is 5.12. The molecular weight excluding hydrogens is 376 g/mol. The van der Waals surface area contributed by atoms with E-state index in [0.29, 0.717) is 11.4 Å². The lowest BCUT2D eigenvalue weighted by Crippen LogP contribution is -2.47. The zero-order valence-electron chi connectivity index (χ0n) is 14.7. The summed E-state index contributed by atoms with van der Waals surface area (Å²) in [5.74, 6) is -1.88. The number of hydrogen-bond donors (Lipinski definition) is 1. The van der Waals surface area contributed by atoms with Gasteiger partial charge in [0, 0.05) is 16.3 Å². The second-order valence-electron chi connectivity index (χ2n) is 5.58. The molecule has 1 amide bonds. The summed E-state index contributed by atoms with van der Waals surface area (Å²) in [7, 11) is 1.26. The van der Waals surface area contributed by atoms with Crippen molar-refractivity contribution < 1.29 is 23.9 Å². The van der Waals surface area contributed by atoms with Gasteiger partial charge in [0.05, 0.1) is 7.11 Å². The van der Waals surface area contributed by atoms with Gasteiger partial charge in [-0.2, -0.15) is 11.3 Å². The van der Waals surface area contributed by atoms with E-state index in [4.69, 9.17) is 9.47 Å². The molecule has 0 spiro atoms. The number of thiazole rings is 1. The molecule has 140 valence electrons. The number of rotatable bonds is 8. The molecule has 0 aliphatic rings. The molecule has 0 fully saturated rings. The van der Waals surface area contributed by atoms with Crippen molar-refractivity contribution in [1.82, 2.24) is 10.3 Å². The molecule has 0 saturated heterocycles. The predicted octanol–water partition coefficient (Wildman–Crippen LogP) is 2.73. The number of thiophene rings is 1. The third-order valence-electron chi connectivity index (χ3n) is 3.80. The number of carbonyl (C=O) groups is 3. The van der Waals surface area contributed by atoms with Gasteiger partial charge in [-0.15, -0.1) is 11.3 Å². The van der Waals surface area contributed by atoms with E-state index in [1.165, 1.54) is 29.8 Å². The highest BCUT2D eigenvalue weighted by atomic mass is 32.1. The van der Waals surface area contributed by atoms with Gasteiger partial charge in [-0.25, -0.2) is 14.6 Å². The number of aromatic nitrogens is 1. The lowest BCUT2D eigenvalue weighted by molar-refractivity contribution is -0.147. The number of amides is 1. The SMILES string of the molecule is CCC(C)C(NC(=O)COC(=O)c1csc(-c2ccsc2)n1)C(=O)OC. The summed E-state index contributed by atoms with van der Waals surface area (Å²) < 4.78 is 9.69. The van der Waals surface area contributed by atoms with Crippen LogP contribution in [-0.2, 0) is 19.1 Å². The summed E-state index contributed by atoms with van der Waals surface area (Å²) in [6.45, 7) is 3.24. The Morgan fingerprint density at radius 3 is 2.69 bits per heavy atom. The van der Waals surface area contributed by atoms with Gasteiger partial charge in [-0.1, -0.05) is 20.3 Å². The van der Waals surface area contributed by atoms with E-state index >= 15 is 0 Å². The van der Waals surface area contributed by atoms with Crippen molar-refractivity contribution in [1.29, 1.82) is 0 Å². The smallest absolute Gasteiger partial charge is 0.358 e. The molecule has 2 heterocycles. The Hall–Kier alpha value is -2.26. The van der Waals surface area contributed by atoms with E-state index < -0.39 is 30.5 Å². The summed E-state index contributed by atoms with van der Waals surface area (Å²) in [5, 5.41) is 8.70. The van der Waals surface area contributed by atoms with Crippen LogP contribution in [0.25, 0.3) is 10.6 Å². The Morgan fingerprint density at radius 1 is 1.31 bits per heavy atom. The summed E-state index contributed by atoms with van der Waals surface area (Å²) >= 11 is 2.87. The molecule has 2 aromatic heterocycles. The normalized spacial score (nSPS) is 12.9. The first kappa shape index (κ1) is 20.1. The molecule has 26 heavy (non-hydrogen) atoms. The first-order valence-electron chi connectivity index (χ1n) is 7.98. The first-order valence-corrected chi connectivity index (χ1v) is 9.80. The number of methoxy groups -OCH3 is 1. The lowest BCUT2D eigenvalue weighted by atomic mass is 9.99. The molecule has 0 aliphatic heterocycles. The average molecular weight is 396 g/mol. The quantitative estimate of drug-likeness (QED) is 0.690. The van der Waals surface area contributed by atoms with Crippen molar-refractivity contribution in [2.24, 2.45) is 5.92 Å². The van der Waals surface area contributed by atoms with Crippen LogP contribution in [0, 0.1) is 5.92 Å². The van der Waals surface area contributed by atoms with Crippen LogP contribution in [-0.4, -0.2) is 42.6 Å². The maximum Gasteiger partial charge on any atom is 0.358 e. The van der Waals surface area contributed by atoms with Crippen molar-refractivity contribution in [3.05, 3.63) is 27.9 Å². The Bertz CT molecular complexity index is 757. The average Bonchev–Trinajstić information content (AvgIpc) is 3.34. The first-order chi connectivity index (χ1) is 12.5. The fraction of sp³-hybridized carbons (Fsp3) is 0.412. The van der Waals surface area contributed by atoms with Gasteiger partial charge >= 0.3 is 11.9 Å². The molecule has 0 saturated carbocycles. The van der Waals surface area contributed by atoms with Crippen LogP contribution in [0.15, 0.2) is 22.2 Å². The Morgan fingerprint density at radius 2 is 2.08 bits per heavy atom. The van der Waals surface area contributed by atoms with Crippen molar-refractivity contribution in [3.8, 4) is 10.6 Å². The Kier molecular flexibility index (Phi) is 7.28. The highest BCUT2D eigenvalue weighted by molar-refractivity contribution is 7.14. The van der Waals surface area contributed by atoms with Crippen molar-refractivity contribution in [3.63, 3.8) is 0 Å². The fourth-order valence-corrected chi connectivity index (χ4v) is 3.60. The number of esters is 2. The van der Waals surface area contributed by atoms with Crippen LogP contribution >= 0.6 is 22.7 Å². The van der Waals surface area contributed by atoms with Crippen LogP contribution in [0.2, 0.25) is 0 Å². The van der Waals surface area contributed by atoms with Crippen LogP contribution in [0.1, 0.15) is 30.8 Å². The highest BCUT2D eigenvalue weighted by Crippen LogP contribution is 2.25. The zero-order valence-corrected chi connectivity index (χ0v) is 16.3. The molecule has 2 aromatic rings. The molecule has 0 aliphatic carbocycles. The third-order valence-corrected chi connectivity index (χ3v) is 5.37.